The van der Waals surface area contributed by atoms with Crippen LogP contribution in [0.3, 0.4) is 0 Å². The minimum absolute atomic E-state index is 0.163. The third kappa shape index (κ3) is 3.39. The molecule has 0 aromatic rings. The smallest absolute Gasteiger partial charge is 0.342 e. The van der Waals surface area contributed by atoms with Crippen LogP contribution >= 0.6 is 0 Å². The normalized spacial score (nSPS) is 30.4. The number of fused-ring (bicyclic) bond motifs is 1. The Morgan fingerprint density at radius 3 is 2.43 bits per heavy atom. The second-order valence-electron chi connectivity index (χ2n) is 5.89. The van der Waals surface area contributed by atoms with Crippen LogP contribution in [-0.4, -0.2) is 36.9 Å². The van der Waals surface area contributed by atoms with Crippen molar-refractivity contribution in [2.24, 2.45) is 5.92 Å². The van der Waals surface area contributed by atoms with Crippen LogP contribution in [0.5, 0.6) is 0 Å². The first-order chi connectivity index (χ1) is 10.2. The molecule has 1 aliphatic carbocycles. The fourth-order valence-electron chi connectivity index (χ4n) is 2.96. The molecular weight excluding hydrogens is 272 g/mol. The number of epoxide rings is 1. The van der Waals surface area contributed by atoms with Crippen LogP contribution in [0.25, 0.3) is 0 Å². The summed E-state index contributed by atoms with van der Waals surface area (Å²) in [6, 6.07) is 0. The van der Waals surface area contributed by atoms with Crippen molar-refractivity contribution in [3.63, 3.8) is 0 Å². The number of ether oxygens (including phenoxy) is 3. The number of rotatable bonds is 8. The molecule has 21 heavy (non-hydrogen) atoms. The standard InChI is InChI=1S/C16H26O5/c1-3-5-10-19-14(17)12-8-7-9-13-16(12,21-13)15(18)20-11-6-4-2/h12-13H,3-11H2,1-2H3. The van der Waals surface area contributed by atoms with Gasteiger partial charge in [-0.25, -0.2) is 4.79 Å². The fraction of sp³-hybridized carbons (Fsp3) is 0.875. The lowest BCUT2D eigenvalue weighted by atomic mass is 9.79. The van der Waals surface area contributed by atoms with Crippen molar-refractivity contribution in [1.82, 2.24) is 0 Å². The van der Waals surface area contributed by atoms with Gasteiger partial charge in [0.2, 0.25) is 5.60 Å². The lowest BCUT2D eigenvalue weighted by Gasteiger charge is -2.25. The number of hydrogen-bond acceptors (Lipinski definition) is 5. The van der Waals surface area contributed by atoms with Crippen molar-refractivity contribution < 1.29 is 23.8 Å². The summed E-state index contributed by atoms with van der Waals surface area (Å²) < 4.78 is 16.2. The van der Waals surface area contributed by atoms with Crippen LogP contribution in [0.4, 0.5) is 0 Å². The van der Waals surface area contributed by atoms with Crippen LogP contribution in [0, 0.1) is 5.92 Å². The number of unbranched alkanes of at least 4 members (excludes halogenated alkanes) is 2. The van der Waals surface area contributed by atoms with Gasteiger partial charge in [0, 0.05) is 0 Å². The predicted octanol–water partition coefficient (Wildman–Crippen LogP) is 2.61. The first-order valence-corrected chi connectivity index (χ1v) is 8.18. The largest absolute Gasteiger partial charge is 0.465 e. The summed E-state index contributed by atoms with van der Waals surface area (Å²) in [5.74, 6) is -1.18. The second-order valence-corrected chi connectivity index (χ2v) is 5.89. The van der Waals surface area contributed by atoms with E-state index in [0.29, 0.717) is 19.6 Å². The van der Waals surface area contributed by atoms with Gasteiger partial charge < -0.3 is 14.2 Å². The lowest BCUT2D eigenvalue weighted by Crippen LogP contribution is -2.44. The fourth-order valence-corrected chi connectivity index (χ4v) is 2.96. The van der Waals surface area contributed by atoms with E-state index in [-0.39, 0.29) is 18.0 Å². The topological polar surface area (TPSA) is 65.1 Å². The Morgan fingerprint density at radius 2 is 1.76 bits per heavy atom. The number of hydrogen-bond donors (Lipinski definition) is 0. The summed E-state index contributed by atoms with van der Waals surface area (Å²) in [7, 11) is 0. The van der Waals surface area contributed by atoms with Gasteiger partial charge in [-0.3, -0.25) is 4.79 Å². The molecule has 120 valence electrons. The van der Waals surface area contributed by atoms with Crippen molar-refractivity contribution in [2.75, 3.05) is 13.2 Å². The van der Waals surface area contributed by atoms with Gasteiger partial charge >= 0.3 is 11.9 Å². The van der Waals surface area contributed by atoms with Crippen molar-refractivity contribution in [3.8, 4) is 0 Å². The molecule has 2 fully saturated rings. The molecule has 0 aromatic heterocycles. The van der Waals surface area contributed by atoms with E-state index in [0.717, 1.165) is 38.5 Å². The van der Waals surface area contributed by atoms with Gasteiger partial charge in [-0.15, -0.1) is 0 Å². The average molecular weight is 298 g/mol. The molecule has 0 amide bonds. The van der Waals surface area contributed by atoms with E-state index in [1.807, 2.05) is 13.8 Å². The number of carbonyl (C=O) groups is 2. The first-order valence-electron chi connectivity index (χ1n) is 8.18. The van der Waals surface area contributed by atoms with Crippen molar-refractivity contribution in [2.45, 2.75) is 70.5 Å². The minimum atomic E-state index is -1.05. The molecule has 3 unspecified atom stereocenters. The Hall–Kier alpha value is -1.10. The molecule has 1 saturated carbocycles. The summed E-state index contributed by atoms with van der Waals surface area (Å²) in [5, 5.41) is 0. The van der Waals surface area contributed by atoms with Gasteiger partial charge in [0.15, 0.2) is 0 Å². The lowest BCUT2D eigenvalue weighted by molar-refractivity contribution is -0.163. The Kier molecular flexibility index (Phi) is 5.62. The highest BCUT2D eigenvalue weighted by atomic mass is 16.7. The molecule has 1 saturated heterocycles. The quantitative estimate of drug-likeness (QED) is 0.391. The van der Waals surface area contributed by atoms with E-state index in [1.165, 1.54) is 0 Å². The molecule has 0 bridgehead atoms. The van der Waals surface area contributed by atoms with Crippen molar-refractivity contribution in [3.05, 3.63) is 0 Å². The average Bonchev–Trinajstić information content (AvgIpc) is 3.23. The third-order valence-corrected chi connectivity index (χ3v) is 4.31. The van der Waals surface area contributed by atoms with Crippen molar-refractivity contribution >= 4 is 11.9 Å². The molecule has 5 heteroatoms. The van der Waals surface area contributed by atoms with E-state index in [2.05, 4.69) is 0 Å². The zero-order chi connectivity index (χ0) is 15.3. The van der Waals surface area contributed by atoms with E-state index >= 15 is 0 Å². The molecule has 5 nitrogen and oxygen atoms in total. The molecule has 0 aromatic carbocycles. The Labute approximate surface area is 126 Å². The molecule has 0 N–H and O–H groups in total. The summed E-state index contributed by atoms with van der Waals surface area (Å²) in [6.45, 7) is 4.89. The predicted molar refractivity (Wildman–Crippen MR) is 76.7 cm³/mol. The second kappa shape index (κ2) is 7.25. The molecule has 1 aliphatic heterocycles. The summed E-state index contributed by atoms with van der Waals surface area (Å²) in [5.41, 5.74) is -1.05. The highest BCUT2D eigenvalue weighted by Crippen LogP contribution is 2.52. The summed E-state index contributed by atoms with van der Waals surface area (Å²) in [4.78, 5) is 24.6. The zero-order valence-corrected chi connectivity index (χ0v) is 13.1. The number of carbonyl (C=O) groups excluding carboxylic acids is 2. The highest BCUT2D eigenvalue weighted by molar-refractivity contribution is 5.91. The van der Waals surface area contributed by atoms with Gasteiger partial charge in [-0.05, 0) is 32.1 Å². The zero-order valence-electron chi connectivity index (χ0n) is 13.1. The maximum absolute atomic E-state index is 12.3. The van der Waals surface area contributed by atoms with E-state index in [1.54, 1.807) is 0 Å². The Morgan fingerprint density at radius 1 is 1.10 bits per heavy atom. The Balaban J connectivity index is 1.95. The van der Waals surface area contributed by atoms with Gasteiger partial charge in [0.05, 0.1) is 25.2 Å². The minimum Gasteiger partial charge on any atom is -0.465 e. The van der Waals surface area contributed by atoms with Gasteiger partial charge in [-0.1, -0.05) is 26.7 Å². The monoisotopic (exact) mass is 298 g/mol. The van der Waals surface area contributed by atoms with E-state index in [4.69, 9.17) is 14.2 Å². The van der Waals surface area contributed by atoms with Crippen LogP contribution in [0.15, 0.2) is 0 Å². The maximum Gasteiger partial charge on any atom is 0.342 e. The first kappa shape index (κ1) is 16.3. The number of esters is 2. The summed E-state index contributed by atoms with van der Waals surface area (Å²) in [6.07, 6.45) is 5.81. The highest BCUT2D eigenvalue weighted by Gasteiger charge is 2.71. The van der Waals surface area contributed by atoms with Crippen LogP contribution in [0.1, 0.15) is 58.8 Å². The van der Waals surface area contributed by atoms with E-state index in [9.17, 15) is 9.59 Å². The van der Waals surface area contributed by atoms with Gasteiger partial charge in [0.25, 0.3) is 0 Å². The van der Waals surface area contributed by atoms with Crippen LogP contribution < -0.4 is 0 Å². The van der Waals surface area contributed by atoms with Gasteiger partial charge in [0.1, 0.15) is 0 Å². The molecule has 0 radical (unpaired) electrons. The van der Waals surface area contributed by atoms with Crippen molar-refractivity contribution in [1.29, 1.82) is 0 Å². The summed E-state index contributed by atoms with van der Waals surface area (Å²) >= 11 is 0. The van der Waals surface area contributed by atoms with Crippen LogP contribution in [0.2, 0.25) is 0 Å². The molecule has 2 rings (SSSR count). The van der Waals surface area contributed by atoms with E-state index < -0.39 is 11.5 Å². The van der Waals surface area contributed by atoms with Crippen LogP contribution in [-0.2, 0) is 23.8 Å². The molecular formula is C16H26O5. The third-order valence-electron chi connectivity index (χ3n) is 4.31. The maximum atomic E-state index is 12.3. The Bertz CT molecular complexity index is 381. The molecule has 2 aliphatic rings. The van der Waals surface area contributed by atoms with Gasteiger partial charge in [-0.2, -0.15) is 0 Å². The SMILES string of the molecule is CCCCOC(=O)C1CCCC2OC21C(=O)OCCCC. The molecule has 3 atom stereocenters. The molecule has 0 spiro atoms. The molecule has 1 heterocycles.